The van der Waals surface area contributed by atoms with E-state index in [0.29, 0.717) is 0 Å². The molecule has 0 amide bonds. The molecule has 1 aromatic carbocycles. The Kier molecular flexibility index (Phi) is 4.92. The maximum Gasteiger partial charge on any atom is 0.0316 e. The van der Waals surface area contributed by atoms with Crippen LogP contribution in [0.2, 0.25) is 0 Å². The summed E-state index contributed by atoms with van der Waals surface area (Å²) in [6.45, 7) is 2.35. The van der Waals surface area contributed by atoms with Gasteiger partial charge in [-0.1, -0.05) is 12.1 Å². The van der Waals surface area contributed by atoms with E-state index in [0.717, 1.165) is 11.6 Å². The highest BCUT2D eigenvalue weighted by Gasteiger charge is 2.13. The molecule has 15 heavy (non-hydrogen) atoms. The number of benzene rings is 1. The van der Waals surface area contributed by atoms with E-state index in [4.69, 9.17) is 5.73 Å². The first-order valence-corrected chi connectivity index (χ1v) is 5.40. The molecule has 1 aliphatic rings. The van der Waals surface area contributed by atoms with E-state index >= 15 is 0 Å². The SMILES string of the molecule is Cl.Nc1cccc(CC2CCNCC2)c1. The number of rotatable bonds is 2. The second-order valence-corrected chi connectivity index (χ2v) is 4.14. The average Bonchev–Trinajstić information content (AvgIpc) is 2.19. The normalized spacial score (nSPS) is 17.1. The van der Waals surface area contributed by atoms with Crippen LogP contribution in [-0.4, -0.2) is 13.1 Å². The van der Waals surface area contributed by atoms with Gasteiger partial charge in [0.25, 0.3) is 0 Å². The number of hydrogen-bond acceptors (Lipinski definition) is 2. The lowest BCUT2D eigenvalue weighted by molar-refractivity contribution is 0.373. The van der Waals surface area contributed by atoms with Crippen LogP contribution >= 0.6 is 12.4 Å². The van der Waals surface area contributed by atoms with Gasteiger partial charge in [0.2, 0.25) is 0 Å². The van der Waals surface area contributed by atoms with Gasteiger partial charge in [-0.15, -0.1) is 12.4 Å². The van der Waals surface area contributed by atoms with Gasteiger partial charge in [-0.25, -0.2) is 0 Å². The average molecular weight is 227 g/mol. The summed E-state index contributed by atoms with van der Waals surface area (Å²) in [6, 6.07) is 8.28. The first-order chi connectivity index (χ1) is 6.84. The zero-order valence-electron chi connectivity index (χ0n) is 8.91. The van der Waals surface area contributed by atoms with Gasteiger partial charge in [0, 0.05) is 5.69 Å². The number of anilines is 1. The number of hydrogen-bond donors (Lipinski definition) is 2. The van der Waals surface area contributed by atoms with Crippen LogP contribution in [0.15, 0.2) is 24.3 Å². The topological polar surface area (TPSA) is 38.0 Å². The van der Waals surface area contributed by atoms with Crippen LogP contribution in [0.25, 0.3) is 0 Å². The number of nitrogens with two attached hydrogens (primary N) is 1. The molecule has 0 spiro atoms. The summed E-state index contributed by atoms with van der Waals surface area (Å²) >= 11 is 0. The molecule has 1 fully saturated rings. The van der Waals surface area contributed by atoms with Gasteiger partial charge in [0.05, 0.1) is 0 Å². The van der Waals surface area contributed by atoms with Crippen LogP contribution in [0.3, 0.4) is 0 Å². The van der Waals surface area contributed by atoms with Crippen molar-refractivity contribution in [3.05, 3.63) is 29.8 Å². The maximum atomic E-state index is 5.75. The molecule has 0 saturated carbocycles. The summed E-state index contributed by atoms with van der Waals surface area (Å²) in [5.41, 5.74) is 8.02. The summed E-state index contributed by atoms with van der Waals surface area (Å²) in [4.78, 5) is 0. The van der Waals surface area contributed by atoms with E-state index in [2.05, 4.69) is 17.4 Å². The zero-order valence-corrected chi connectivity index (χ0v) is 9.72. The lowest BCUT2D eigenvalue weighted by atomic mass is 9.91. The van der Waals surface area contributed by atoms with Crippen molar-refractivity contribution in [2.75, 3.05) is 18.8 Å². The van der Waals surface area contributed by atoms with E-state index in [1.807, 2.05) is 12.1 Å². The van der Waals surface area contributed by atoms with Crippen molar-refractivity contribution in [3.63, 3.8) is 0 Å². The quantitative estimate of drug-likeness (QED) is 0.760. The number of halogens is 1. The molecule has 0 radical (unpaired) electrons. The Hall–Kier alpha value is -0.730. The van der Waals surface area contributed by atoms with Crippen molar-refractivity contribution in [2.45, 2.75) is 19.3 Å². The molecule has 0 bridgehead atoms. The molecule has 2 nitrogen and oxygen atoms in total. The Labute approximate surface area is 97.7 Å². The molecule has 1 heterocycles. The highest BCUT2D eigenvalue weighted by atomic mass is 35.5. The van der Waals surface area contributed by atoms with E-state index in [1.165, 1.54) is 37.9 Å². The highest BCUT2D eigenvalue weighted by Crippen LogP contribution is 2.18. The summed E-state index contributed by atoms with van der Waals surface area (Å²) in [7, 11) is 0. The molecular formula is C12H19ClN2. The van der Waals surface area contributed by atoms with Crippen LogP contribution in [-0.2, 0) is 6.42 Å². The van der Waals surface area contributed by atoms with E-state index in [1.54, 1.807) is 0 Å². The van der Waals surface area contributed by atoms with Gasteiger partial charge in [0.15, 0.2) is 0 Å². The third kappa shape index (κ3) is 3.73. The lowest BCUT2D eigenvalue weighted by Gasteiger charge is -2.22. The number of nitrogens with one attached hydrogen (secondary N) is 1. The fraction of sp³-hybridized carbons (Fsp3) is 0.500. The molecule has 2 rings (SSSR count). The van der Waals surface area contributed by atoms with Crippen LogP contribution in [0.1, 0.15) is 18.4 Å². The second kappa shape index (κ2) is 5.99. The Morgan fingerprint density at radius 3 is 2.67 bits per heavy atom. The smallest absolute Gasteiger partial charge is 0.0316 e. The third-order valence-corrected chi connectivity index (χ3v) is 2.93. The van der Waals surface area contributed by atoms with E-state index in [-0.39, 0.29) is 12.4 Å². The van der Waals surface area contributed by atoms with Gasteiger partial charge >= 0.3 is 0 Å². The van der Waals surface area contributed by atoms with Gasteiger partial charge < -0.3 is 11.1 Å². The monoisotopic (exact) mass is 226 g/mol. The van der Waals surface area contributed by atoms with Crippen molar-refractivity contribution in [1.82, 2.24) is 5.32 Å². The predicted molar refractivity (Wildman–Crippen MR) is 67.4 cm³/mol. The molecule has 84 valence electrons. The summed E-state index contributed by atoms with van der Waals surface area (Å²) < 4.78 is 0. The van der Waals surface area contributed by atoms with Gasteiger partial charge in [-0.3, -0.25) is 0 Å². The molecule has 1 aromatic rings. The first kappa shape index (κ1) is 12.3. The highest BCUT2D eigenvalue weighted by molar-refractivity contribution is 5.85. The summed E-state index contributed by atoms with van der Waals surface area (Å²) in [6.07, 6.45) is 3.79. The molecular weight excluding hydrogens is 208 g/mol. The minimum absolute atomic E-state index is 0. The fourth-order valence-corrected chi connectivity index (χ4v) is 2.14. The molecule has 0 aliphatic carbocycles. The number of nitrogen functional groups attached to an aromatic ring is 1. The molecule has 1 aliphatic heterocycles. The van der Waals surface area contributed by atoms with Crippen LogP contribution in [0.5, 0.6) is 0 Å². The van der Waals surface area contributed by atoms with E-state index < -0.39 is 0 Å². The molecule has 1 saturated heterocycles. The molecule has 3 heteroatoms. The van der Waals surface area contributed by atoms with Crippen molar-refractivity contribution in [2.24, 2.45) is 5.92 Å². The Morgan fingerprint density at radius 2 is 2.00 bits per heavy atom. The fourth-order valence-electron chi connectivity index (χ4n) is 2.14. The summed E-state index contributed by atoms with van der Waals surface area (Å²) in [5.74, 6) is 0.845. The Balaban J connectivity index is 0.00000112. The van der Waals surface area contributed by atoms with Crippen LogP contribution in [0, 0.1) is 5.92 Å². The van der Waals surface area contributed by atoms with Crippen molar-refractivity contribution in [3.8, 4) is 0 Å². The molecule has 0 atom stereocenters. The second-order valence-electron chi connectivity index (χ2n) is 4.14. The summed E-state index contributed by atoms with van der Waals surface area (Å²) in [5, 5.41) is 3.39. The van der Waals surface area contributed by atoms with Crippen molar-refractivity contribution >= 4 is 18.1 Å². The molecule has 0 aromatic heterocycles. The van der Waals surface area contributed by atoms with Gasteiger partial charge in [0.1, 0.15) is 0 Å². The lowest BCUT2D eigenvalue weighted by Crippen LogP contribution is -2.28. The third-order valence-electron chi connectivity index (χ3n) is 2.93. The Morgan fingerprint density at radius 1 is 1.27 bits per heavy atom. The van der Waals surface area contributed by atoms with Crippen LogP contribution < -0.4 is 11.1 Å². The van der Waals surface area contributed by atoms with Crippen molar-refractivity contribution < 1.29 is 0 Å². The largest absolute Gasteiger partial charge is 0.399 e. The van der Waals surface area contributed by atoms with E-state index in [9.17, 15) is 0 Å². The zero-order chi connectivity index (χ0) is 9.80. The van der Waals surface area contributed by atoms with Crippen molar-refractivity contribution in [1.29, 1.82) is 0 Å². The van der Waals surface area contributed by atoms with Crippen LogP contribution in [0.4, 0.5) is 5.69 Å². The predicted octanol–water partition coefficient (Wildman–Crippen LogP) is 2.23. The first-order valence-electron chi connectivity index (χ1n) is 5.40. The van der Waals surface area contributed by atoms with Gasteiger partial charge in [-0.2, -0.15) is 0 Å². The Bertz CT molecular complexity index is 295. The minimum Gasteiger partial charge on any atom is -0.399 e. The molecule has 0 unspecified atom stereocenters. The molecule has 3 N–H and O–H groups in total. The maximum absolute atomic E-state index is 5.75. The van der Waals surface area contributed by atoms with Gasteiger partial charge in [-0.05, 0) is 56.0 Å². The number of piperidine rings is 1. The standard InChI is InChI=1S/C12H18N2.ClH/c13-12-3-1-2-11(9-12)8-10-4-6-14-7-5-10;/h1-3,9-10,14H,4-8,13H2;1H. The minimum atomic E-state index is 0.